The Balaban J connectivity index is 1.56. The zero-order valence-corrected chi connectivity index (χ0v) is 16.8. The number of rotatable bonds is 9. The van der Waals surface area contributed by atoms with Crippen molar-refractivity contribution in [2.24, 2.45) is 0 Å². The van der Waals surface area contributed by atoms with Crippen molar-refractivity contribution in [2.45, 2.75) is 12.8 Å². The van der Waals surface area contributed by atoms with Crippen LogP contribution in [-0.4, -0.2) is 43.6 Å². The summed E-state index contributed by atoms with van der Waals surface area (Å²) in [5.41, 5.74) is 2.79. The van der Waals surface area contributed by atoms with Gasteiger partial charge in [0, 0.05) is 36.6 Å². The van der Waals surface area contributed by atoms with Crippen molar-refractivity contribution >= 4 is 5.91 Å². The van der Waals surface area contributed by atoms with Gasteiger partial charge in [-0.15, -0.1) is 0 Å². The SMILES string of the molecule is COc1cc(OC)c(CCNC(=O)Cc2ccc(-n3cccn3)cc2)c(OC)c1. The Labute approximate surface area is 170 Å². The first-order valence-corrected chi connectivity index (χ1v) is 9.29. The van der Waals surface area contributed by atoms with E-state index in [4.69, 9.17) is 14.2 Å². The van der Waals surface area contributed by atoms with Crippen LogP contribution in [-0.2, 0) is 17.6 Å². The van der Waals surface area contributed by atoms with Crippen LogP contribution in [0.4, 0.5) is 0 Å². The third-order valence-corrected chi connectivity index (χ3v) is 4.58. The summed E-state index contributed by atoms with van der Waals surface area (Å²) < 4.78 is 17.9. The molecule has 3 rings (SSSR count). The summed E-state index contributed by atoms with van der Waals surface area (Å²) in [7, 11) is 4.79. The third-order valence-electron chi connectivity index (χ3n) is 4.58. The van der Waals surface area contributed by atoms with Crippen LogP contribution in [0.5, 0.6) is 17.2 Å². The molecule has 0 fully saturated rings. The van der Waals surface area contributed by atoms with E-state index in [0.29, 0.717) is 36.6 Å². The first-order chi connectivity index (χ1) is 14.1. The van der Waals surface area contributed by atoms with Crippen molar-refractivity contribution in [2.75, 3.05) is 27.9 Å². The van der Waals surface area contributed by atoms with Gasteiger partial charge >= 0.3 is 0 Å². The van der Waals surface area contributed by atoms with E-state index in [-0.39, 0.29) is 5.91 Å². The van der Waals surface area contributed by atoms with Gasteiger partial charge in [0.15, 0.2) is 0 Å². The largest absolute Gasteiger partial charge is 0.496 e. The molecule has 0 bridgehead atoms. The van der Waals surface area contributed by atoms with Gasteiger partial charge in [-0.1, -0.05) is 12.1 Å². The van der Waals surface area contributed by atoms with Crippen LogP contribution in [0.2, 0.25) is 0 Å². The van der Waals surface area contributed by atoms with Crippen molar-refractivity contribution in [3.05, 3.63) is 66.0 Å². The molecular weight excluding hydrogens is 370 g/mol. The number of hydrogen-bond donors (Lipinski definition) is 1. The fourth-order valence-electron chi connectivity index (χ4n) is 3.09. The van der Waals surface area contributed by atoms with Gasteiger partial charge in [0.2, 0.25) is 5.91 Å². The van der Waals surface area contributed by atoms with Gasteiger partial charge in [0.25, 0.3) is 0 Å². The molecule has 0 spiro atoms. The van der Waals surface area contributed by atoms with Crippen molar-refractivity contribution in [1.29, 1.82) is 0 Å². The second-order valence-corrected chi connectivity index (χ2v) is 6.40. The topological polar surface area (TPSA) is 74.6 Å². The lowest BCUT2D eigenvalue weighted by atomic mass is 10.1. The molecule has 7 heteroatoms. The van der Waals surface area contributed by atoms with Crippen molar-refractivity contribution in [3.8, 4) is 22.9 Å². The van der Waals surface area contributed by atoms with Crippen molar-refractivity contribution < 1.29 is 19.0 Å². The van der Waals surface area contributed by atoms with E-state index in [9.17, 15) is 4.79 Å². The Morgan fingerprint density at radius 1 is 1.03 bits per heavy atom. The van der Waals surface area contributed by atoms with Crippen LogP contribution in [0.1, 0.15) is 11.1 Å². The normalized spacial score (nSPS) is 10.4. The summed E-state index contributed by atoms with van der Waals surface area (Å²) in [6, 6.07) is 13.2. The molecule has 0 saturated carbocycles. The number of amides is 1. The molecule has 0 aliphatic rings. The molecule has 0 unspecified atom stereocenters. The number of nitrogens with zero attached hydrogens (tertiary/aromatic N) is 2. The highest BCUT2D eigenvalue weighted by molar-refractivity contribution is 5.78. The molecule has 0 aliphatic carbocycles. The van der Waals surface area contributed by atoms with Gasteiger partial charge in [0.1, 0.15) is 17.2 Å². The minimum atomic E-state index is -0.0386. The van der Waals surface area contributed by atoms with Crippen LogP contribution < -0.4 is 19.5 Å². The van der Waals surface area contributed by atoms with Gasteiger partial charge in [0.05, 0.1) is 33.4 Å². The van der Waals surface area contributed by atoms with Gasteiger partial charge in [-0.2, -0.15) is 5.10 Å². The highest BCUT2D eigenvalue weighted by atomic mass is 16.5. The molecule has 0 aliphatic heterocycles. The molecular formula is C22H25N3O4. The first kappa shape index (κ1) is 20.3. The van der Waals surface area contributed by atoms with Gasteiger partial charge < -0.3 is 19.5 Å². The summed E-state index contributed by atoms with van der Waals surface area (Å²) in [5.74, 6) is 1.96. The molecule has 0 saturated heterocycles. The number of carbonyl (C=O) groups is 1. The standard InChI is InChI=1S/C22H25N3O4/c1-27-18-14-20(28-2)19(21(15-18)29-3)9-11-23-22(26)13-16-5-7-17(8-6-16)25-12-4-10-24-25/h4-8,10,12,14-15H,9,11,13H2,1-3H3,(H,23,26). The lowest BCUT2D eigenvalue weighted by molar-refractivity contribution is -0.120. The van der Waals surface area contributed by atoms with E-state index in [1.54, 1.807) is 44.3 Å². The minimum Gasteiger partial charge on any atom is -0.496 e. The molecule has 0 atom stereocenters. The average molecular weight is 395 g/mol. The highest BCUT2D eigenvalue weighted by Gasteiger charge is 2.13. The van der Waals surface area contributed by atoms with Crippen LogP contribution >= 0.6 is 0 Å². The molecule has 3 aromatic rings. The van der Waals surface area contributed by atoms with Crippen LogP contribution in [0.3, 0.4) is 0 Å². The Morgan fingerprint density at radius 3 is 2.28 bits per heavy atom. The molecule has 7 nitrogen and oxygen atoms in total. The lowest BCUT2D eigenvalue weighted by Gasteiger charge is -2.15. The monoisotopic (exact) mass is 395 g/mol. The summed E-state index contributed by atoms with van der Waals surface area (Å²) in [4.78, 5) is 12.3. The van der Waals surface area contributed by atoms with Gasteiger partial charge in [-0.25, -0.2) is 4.68 Å². The Bertz CT molecular complexity index is 912. The van der Waals surface area contributed by atoms with E-state index >= 15 is 0 Å². The minimum absolute atomic E-state index is 0.0386. The van der Waals surface area contributed by atoms with E-state index in [1.165, 1.54) is 0 Å². The van der Waals surface area contributed by atoms with E-state index in [1.807, 2.05) is 36.5 Å². The highest BCUT2D eigenvalue weighted by Crippen LogP contribution is 2.34. The third kappa shape index (κ3) is 5.07. The lowest BCUT2D eigenvalue weighted by Crippen LogP contribution is -2.27. The second kappa shape index (κ2) is 9.64. The Kier molecular flexibility index (Phi) is 6.73. The van der Waals surface area contributed by atoms with E-state index in [0.717, 1.165) is 16.8 Å². The summed E-state index contributed by atoms with van der Waals surface area (Å²) >= 11 is 0. The smallest absolute Gasteiger partial charge is 0.224 e. The number of hydrogen-bond acceptors (Lipinski definition) is 5. The molecule has 1 amide bonds. The fraction of sp³-hybridized carbons (Fsp3) is 0.273. The summed E-state index contributed by atoms with van der Waals surface area (Å²) in [6.07, 6.45) is 4.51. The van der Waals surface area contributed by atoms with Crippen molar-refractivity contribution in [3.63, 3.8) is 0 Å². The van der Waals surface area contributed by atoms with Gasteiger partial charge in [-0.3, -0.25) is 4.79 Å². The molecule has 2 aromatic carbocycles. The van der Waals surface area contributed by atoms with E-state index in [2.05, 4.69) is 10.4 Å². The number of ether oxygens (including phenoxy) is 3. The summed E-state index contributed by atoms with van der Waals surface area (Å²) in [6.45, 7) is 0.475. The second-order valence-electron chi connectivity index (χ2n) is 6.40. The maximum atomic E-state index is 12.3. The predicted molar refractivity (Wildman–Crippen MR) is 110 cm³/mol. The molecule has 0 radical (unpaired) electrons. The average Bonchev–Trinajstić information content (AvgIpc) is 3.29. The number of benzene rings is 2. The number of nitrogens with one attached hydrogen (secondary N) is 1. The fourth-order valence-corrected chi connectivity index (χ4v) is 3.09. The number of carbonyl (C=O) groups excluding carboxylic acids is 1. The number of aromatic nitrogens is 2. The zero-order chi connectivity index (χ0) is 20.6. The maximum Gasteiger partial charge on any atom is 0.224 e. The zero-order valence-electron chi connectivity index (χ0n) is 16.8. The quantitative estimate of drug-likeness (QED) is 0.603. The van der Waals surface area contributed by atoms with Crippen LogP contribution in [0.25, 0.3) is 5.69 Å². The van der Waals surface area contributed by atoms with Gasteiger partial charge in [-0.05, 0) is 30.2 Å². The first-order valence-electron chi connectivity index (χ1n) is 9.29. The van der Waals surface area contributed by atoms with E-state index < -0.39 is 0 Å². The molecule has 152 valence electrons. The maximum absolute atomic E-state index is 12.3. The molecule has 1 aromatic heterocycles. The molecule has 1 heterocycles. The Hall–Kier alpha value is -3.48. The molecule has 1 N–H and O–H groups in total. The number of methoxy groups -OCH3 is 3. The van der Waals surface area contributed by atoms with Crippen LogP contribution in [0, 0.1) is 0 Å². The summed E-state index contributed by atoms with van der Waals surface area (Å²) in [5, 5.41) is 7.15. The molecule has 29 heavy (non-hydrogen) atoms. The Morgan fingerprint density at radius 2 is 1.72 bits per heavy atom. The van der Waals surface area contributed by atoms with Crippen LogP contribution in [0.15, 0.2) is 54.9 Å². The van der Waals surface area contributed by atoms with Crippen molar-refractivity contribution in [1.82, 2.24) is 15.1 Å². The predicted octanol–water partition coefficient (Wildman–Crippen LogP) is 2.80.